The summed E-state index contributed by atoms with van der Waals surface area (Å²) in [5.74, 6) is -0.245. The number of nitrogens with zero attached hydrogens (tertiary/aromatic N) is 2. The summed E-state index contributed by atoms with van der Waals surface area (Å²) in [6.45, 7) is -1.75. The van der Waals surface area contributed by atoms with Gasteiger partial charge in [-0.15, -0.1) is 0 Å². The molecule has 0 saturated carbocycles. The van der Waals surface area contributed by atoms with Crippen LogP contribution < -0.4 is 9.47 Å². The number of alkyl halides is 2. The van der Waals surface area contributed by atoms with E-state index >= 15 is 0 Å². The molecule has 2 aromatic carbocycles. The number of carbonyl (C=O) groups is 2. The van der Waals surface area contributed by atoms with Crippen molar-refractivity contribution in [2.24, 2.45) is 0 Å². The van der Waals surface area contributed by atoms with E-state index in [4.69, 9.17) is 4.74 Å². The molecule has 6 nitrogen and oxygen atoms in total. The Morgan fingerprint density at radius 3 is 1.71 bits per heavy atom. The predicted molar refractivity (Wildman–Crippen MR) is 97.9 cm³/mol. The fourth-order valence-corrected chi connectivity index (χ4v) is 3.12. The second kappa shape index (κ2) is 8.69. The van der Waals surface area contributed by atoms with Crippen molar-refractivity contribution in [1.29, 1.82) is 0 Å². The number of methoxy groups -OCH3 is 1. The van der Waals surface area contributed by atoms with Gasteiger partial charge < -0.3 is 19.3 Å². The molecule has 0 N–H and O–H groups in total. The van der Waals surface area contributed by atoms with E-state index in [-0.39, 0.29) is 17.2 Å². The maximum absolute atomic E-state index is 12.7. The smallest absolute Gasteiger partial charge is 0.387 e. The van der Waals surface area contributed by atoms with Crippen LogP contribution in [0.15, 0.2) is 48.5 Å². The minimum Gasteiger partial charge on any atom is -0.496 e. The van der Waals surface area contributed by atoms with Gasteiger partial charge in [-0.3, -0.25) is 9.59 Å². The normalized spacial score (nSPS) is 14.1. The third-order valence-electron chi connectivity index (χ3n) is 4.53. The highest BCUT2D eigenvalue weighted by molar-refractivity contribution is 5.98. The van der Waals surface area contributed by atoms with Crippen LogP contribution in [0.4, 0.5) is 8.78 Å². The molecular weight excluding hydrogens is 370 g/mol. The van der Waals surface area contributed by atoms with Gasteiger partial charge in [0.05, 0.1) is 18.2 Å². The first-order valence-electron chi connectivity index (χ1n) is 8.76. The first-order valence-corrected chi connectivity index (χ1v) is 8.76. The van der Waals surface area contributed by atoms with Gasteiger partial charge in [0.2, 0.25) is 0 Å². The fraction of sp³-hybridized carbons (Fsp3) is 0.300. The quantitative estimate of drug-likeness (QED) is 0.788. The summed E-state index contributed by atoms with van der Waals surface area (Å²) >= 11 is 0. The van der Waals surface area contributed by atoms with Crippen LogP contribution in [0.1, 0.15) is 20.7 Å². The third-order valence-corrected chi connectivity index (χ3v) is 4.53. The monoisotopic (exact) mass is 390 g/mol. The van der Waals surface area contributed by atoms with E-state index in [0.717, 1.165) is 0 Å². The molecule has 1 saturated heterocycles. The maximum Gasteiger partial charge on any atom is 0.387 e. The summed E-state index contributed by atoms with van der Waals surface area (Å²) < 4.78 is 34.8. The number of amides is 2. The van der Waals surface area contributed by atoms with Crippen molar-refractivity contribution in [2.75, 3.05) is 33.3 Å². The van der Waals surface area contributed by atoms with E-state index in [9.17, 15) is 18.4 Å². The SMILES string of the molecule is COc1ccccc1C(=O)N1CCN(C(=O)c2ccccc2OC(F)F)CC1. The lowest BCUT2D eigenvalue weighted by Crippen LogP contribution is -2.50. The second-order valence-corrected chi connectivity index (χ2v) is 6.16. The minimum atomic E-state index is -3.01. The van der Waals surface area contributed by atoms with Crippen LogP contribution in [0.25, 0.3) is 0 Å². The van der Waals surface area contributed by atoms with Crippen LogP contribution >= 0.6 is 0 Å². The number of para-hydroxylation sites is 2. The zero-order valence-electron chi connectivity index (χ0n) is 15.3. The molecule has 0 unspecified atom stereocenters. The number of halogens is 2. The van der Waals surface area contributed by atoms with E-state index in [0.29, 0.717) is 37.5 Å². The molecule has 148 valence electrons. The van der Waals surface area contributed by atoms with Gasteiger partial charge >= 0.3 is 6.61 Å². The number of piperazine rings is 1. The van der Waals surface area contributed by atoms with Gasteiger partial charge in [0.1, 0.15) is 11.5 Å². The third kappa shape index (κ3) is 4.21. The van der Waals surface area contributed by atoms with Crippen LogP contribution in [0.3, 0.4) is 0 Å². The highest BCUT2D eigenvalue weighted by Gasteiger charge is 2.28. The van der Waals surface area contributed by atoms with Gasteiger partial charge in [0.15, 0.2) is 0 Å². The zero-order valence-corrected chi connectivity index (χ0v) is 15.3. The molecule has 0 aliphatic carbocycles. The summed E-state index contributed by atoms with van der Waals surface area (Å²) in [5, 5.41) is 0. The van der Waals surface area contributed by atoms with Crippen molar-refractivity contribution in [3.63, 3.8) is 0 Å². The van der Waals surface area contributed by atoms with Crippen LogP contribution in [-0.2, 0) is 0 Å². The number of ether oxygens (including phenoxy) is 2. The van der Waals surface area contributed by atoms with Crippen molar-refractivity contribution in [1.82, 2.24) is 9.80 Å². The Bertz CT molecular complexity index is 852. The molecule has 0 spiro atoms. The highest BCUT2D eigenvalue weighted by Crippen LogP contribution is 2.24. The minimum absolute atomic E-state index is 0.0762. The van der Waals surface area contributed by atoms with E-state index in [2.05, 4.69) is 4.74 Å². The van der Waals surface area contributed by atoms with Crippen molar-refractivity contribution in [3.05, 3.63) is 59.7 Å². The molecule has 1 aliphatic heterocycles. The molecule has 0 aromatic heterocycles. The zero-order chi connectivity index (χ0) is 20.1. The standard InChI is InChI=1S/C20H20F2N2O4/c1-27-16-8-4-2-6-14(16)18(25)23-10-12-24(13-11-23)19(26)15-7-3-5-9-17(15)28-20(21)22/h2-9,20H,10-13H2,1H3. The number of hydrogen-bond donors (Lipinski definition) is 0. The van der Waals surface area contributed by atoms with Crippen molar-refractivity contribution in [3.8, 4) is 11.5 Å². The van der Waals surface area contributed by atoms with E-state index in [1.807, 2.05) is 0 Å². The molecule has 1 heterocycles. The largest absolute Gasteiger partial charge is 0.496 e. The van der Waals surface area contributed by atoms with E-state index < -0.39 is 12.5 Å². The average Bonchev–Trinajstić information content (AvgIpc) is 2.73. The number of rotatable bonds is 5. The lowest BCUT2D eigenvalue weighted by atomic mass is 10.1. The van der Waals surface area contributed by atoms with Crippen LogP contribution in [0.5, 0.6) is 11.5 Å². The van der Waals surface area contributed by atoms with Crippen LogP contribution in [0.2, 0.25) is 0 Å². The first-order chi connectivity index (χ1) is 13.5. The predicted octanol–water partition coefficient (Wildman–Crippen LogP) is 2.89. The van der Waals surface area contributed by atoms with Gasteiger partial charge in [0, 0.05) is 26.2 Å². The summed E-state index contributed by atoms with van der Waals surface area (Å²) in [5.41, 5.74) is 0.535. The topological polar surface area (TPSA) is 59.1 Å². The number of carbonyl (C=O) groups excluding carboxylic acids is 2. The lowest BCUT2D eigenvalue weighted by Gasteiger charge is -2.35. The van der Waals surface area contributed by atoms with Crippen LogP contribution in [-0.4, -0.2) is 61.5 Å². The molecule has 1 fully saturated rings. The molecule has 28 heavy (non-hydrogen) atoms. The van der Waals surface area contributed by atoms with Crippen LogP contribution in [0, 0.1) is 0 Å². The molecular formula is C20H20F2N2O4. The van der Waals surface area contributed by atoms with Crippen molar-refractivity contribution >= 4 is 11.8 Å². The molecule has 0 atom stereocenters. The van der Waals surface area contributed by atoms with Gasteiger partial charge in [0.25, 0.3) is 11.8 Å². The van der Waals surface area contributed by atoms with Gasteiger partial charge in [-0.2, -0.15) is 8.78 Å². The summed E-state index contributed by atoms with van der Waals surface area (Å²) in [6.07, 6.45) is 0. The molecule has 2 amide bonds. The highest BCUT2D eigenvalue weighted by atomic mass is 19.3. The first kappa shape index (κ1) is 19.6. The Labute approximate surface area is 161 Å². The van der Waals surface area contributed by atoms with Gasteiger partial charge in [-0.1, -0.05) is 24.3 Å². The summed E-state index contributed by atoms with van der Waals surface area (Å²) in [4.78, 5) is 28.6. The van der Waals surface area contributed by atoms with E-state index in [1.54, 1.807) is 35.2 Å². The van der Waals surface area contributed by atoms with Gasteiger partial charge in [-0.05, 0) is 24.3 Å². The summed E-state index contributed by atoms with van der Waals surface area (Å²) in [7, 11) is 1.50. The molecule has 8 heteroatoms. The Hall–Kier alpha value is -3.16. The maximum atomic E-state index is 12.7. The number of hydrogen-bond acceptors (Lipinski definition) is 4. The molecule has 1 aliphatic rings. The fourth-order valence-electron chi connectivity index (χ4n) is 3.12. The Morgan fingerprint density at radius 1 is 0.821 bits per heavy atom. The Balaban J connectivity index is 1.67. The molecule has 3 rings (SSSR count). The Kier molecular flexibility index (Phi) is 6.08. The average molecular weight is 390 g/mol. The molecule has 0 radical (unpaired) electrons. The van der Waals surface area contributed by atoms with Crippen molar-refractivity contribution < 1.29 is 27.8 Å². The van der Waals surface area contributed by atoms with Gasteiger partial charge in [-0.25, -0.2) is 0 Å². The number of benzene rings is 2. The molecule has 2 aromatic rings. The van der Waals surface area contributed by atoms with E-state index in [1.165, 1.54) is 30.2 Å². The Morgan fingerprint density at radius 2 is 1.25 bits per heavy atom. The molecule has 0 bridgehead atoms. The second-order valence-electron chi connectivity index (χ2n) is 6.16. The lowest BCUT2D eigenvalue weighted by molar-refractivity contribution is -0.0503. The summed E-state index contributed by atoms with van der Waals surface area (Å²) in [6, 6.07) is 12.8. The van der Waals surface area contributed by atoms with Crippen molar-refractivity contribution in [2.45, 2.75) is 6.61 Å².